The van der Waals surface area contributed by atoms with E-state index in [-0.39, 0.29) is 5.97 Å². The van der Waals surface area contributed by atoms with Gasteiger partial charge in [-0.2, -0.15) is 0 Å². The number of carbonyl (C=O) groups excluding carboxylic acids is 1. The molecular formula is C19H22O4. The van der Waals surface area contributed by atoms with Crippen LogP contribution in [0.4, 0.5) is 0 Å². The van der Waals surface area contributed by atoms with E-state index < -0.39 is 0 Å². The second-order valence-corrected chi connectivity index (χ2v) is 5.61. The summed E-state index contributed by atoms with van der Waals surface area (Å²) >= 11 is 0. The minimum atomic E-state index is -0.199. The molecule has 0 spiro atoms. The number of cyclic esters (lactones) is 1. The fraction of sp³-hybridized carbons (Fsp3) is 0.316. The van der Waals surface area contributed by atoms with Gasteiger partial charge < -0.3 is 14.2 Å². The number of carbonyl (C=O) groups is 1. The minimum absolute atomic E-state index is 0.199. The summed E-state index contributed by atoms with van der Waals surface area (Å²) in [7, 11) is 1.66. The lowest BCUT2D eigenvalue weighted by Gasteiger charge is -2.08. The topological polar surface area (TPSA) is 44.8 Å². The molecule has 0 unspecified atom stereocenters. The highest BCUT2D eigenvalue weighted by molar-refractivity contribution is 5.93. The summed E-state index contributed by atoms with van der Waals surface area (Å²) in [5.41, 5.74) is 1.70. The standard InChI is InChI=1S/C11H16O2.C8H6O2/c1-9(2)8-13-11-6-4-10(12-3)5-7-11;9-8-7-4-2-1-3-6(7)5-10-8/h4-7,9H,8H2,1-3H3;1-4H,5H2. The first-order valence-corrected chi connectivity index (χ1v) is 7.62. The van der Waals surface area contributed by atoms with Crippen molar-refractivity contribution >= 4 is 5.97 Å². The molecule has 1 aliphatic heterocycles. The number of esters is 1. The Labute approximate surface area is 137 Å². The molecule has 0 saturated carbocycles. The van der Waals surface area contributed by atoms with Crippen LogP contribution in [0.25, 0.3) is 0 Å². The Kier molecular flexibility index (Phi) is 6.03. The zero-order chi connectivity index (χ0) is 16.7. The van der Waals surface area contributed by atoms with Gasteiger partial charge in [0.1, 0.15) is 18.1 Å². The fourth-order valence-electron chi connectivity index (χ4n) is 2.00. The summed E-state index contributed by atoms with van der Waals surface area (Å²) in [6.45, 7) is 5.45. The molecule has 0 fully saturated rings. The number of fused-ring (bicyclic) bond motifs is 1. The third-order valence-electron chi connectivity index (χ3n) is 3.24. The third-order valence-corrected chi connectivity index (χ3v) is 3.24. The highest BCUT2D eigenvalue weighted by atomic mass is 16.5. The number of ether oxygens (including phenoxy) is 3. The molecule has 0 aliphatic carbocycles. The lowest BCUT2D eigenvalue weighted by molar-refractivity contribution is 0.0535. The van der Waals surface area contributed by atoms with E-state index in [1.165, 1.54) is 0 Å². The molecule has 2 aromatic carbocycles. The maximum atomic E-state index is 10.8. The first kappa shape index (κ1) is 16.9. The molecule has 0 radical (unpaired) electrons. The van der Waals surface area contributed by atoms with Crippen LogP contribution in [0.15, 0.2) is 48.5 Å². The van der Waals surface area contributed by atoms with Crippen molar-refractivity contribution in [1.82, 2.24) is 0 Å². The molecule has 23 heavy (non-hydrogen) atoms. The number of methoxy groups -OCH3 is 1. The van der Waals surface area contributed by atoms with Gasteiger partial charge in [0.05, 0.1) is 19.3 Å². The van der Waals surface area contributed by atoms with Crippen molar-refractivity contribution in [2.24, 2.45) is 5.92 Å². The van der Waals surface area contributed by atoms with E-state index in [1.807, 2.05) is 42.5 Å². The molecule has 0 atom stereocenters. The summed E-state index contributed by atoms with van der Waals surface area (Å²) in [5.74, 6) is 2.11. The zero-order valence-electron chi connectivity index (χ0n) is 13.7. The van der Waals surface area contributed by atoms with Gasteiger partial charge in [-0.15, -0.1) is 0 Å². The Morgan fingerprint density at radius 2 is 1.70 bits per heavy atom. The lowest BCUT2D eigenvalue weighted by atomic mass is 10.1. The highest BCUT2D eigenvalue weighted by Crippen LogP contribution is 2.18. The molecule has 4 heteroatoms. The average molecular weight is 314 g/mol. The van der Waals surface area contributed by atoms with Gasteiger partial charge in [0.25, 0.3) is 0 Å². The SMILES string of the molecule is COc1ccc(OCC(C)C)cc1.O=C1OCc2ccccc21. The van der Waals surface area contributed by atoms with Crippen molar-refractivity contribution in [1.29, 1.82) is 0 Å². The predicted octanol–water partition coefficient (Wildman–Crippen LogP) is 4.09. The van der Waals surface area contributed by atoms with Crippen LogP contribution < -0.4 is 9.47 Å². The summed E-state index contributed by atoms with van der Waals surface area (Å²) < 4.78 is 15.3. The number of hydrogen-bond donors (Lipinski definition) is 0. The zero-order valence-corrected chi connectivity index (χ0v) is 13.7. The quantitative estimate of drug-likeness (QED) is 0.797. The van der Waals surface area contributed by atoms with Crippen molar-refractivity contribution in [3.05, 3.63) is 59.7 Å². The number of hydrogen-bond acceptors (Lipinski definition) is 4. The van der Waals surface area contributed by atoms with Gasteiger partial charge in [-0.25, -0.2) is 4.79 Å². The van der Waals surface area contributed by atoms with E-state index in [4.69, 9.17) is 14.2 Å². The van der Waals surface area contributed by atoms with Gasteiger partial charge in [-0.05, 0) is 36.2 Å². The first-order chi connectivity index (χ1) is 11.1. The molecule has 0 bridgehead atoms. The molecule has 1 heterocycles. The average Bonchev–Trinajstić information content (AvgIpc) is 2.96. The smallest absolute Gasteiger partial charge is 0.338 e. The molecule has 0 N–H and O–H groups in total. The lowest BCUT2D eigenvalue weighted by Crippen LogP contribution is -2.04. The van der Waals surface area contributed by atoms with Crippen LogP contribution in [0.1, 0.15) is 29.8 Å². The molecule has 2 aromatic rings. The van der Waals surface area contributed by atoms with E-state index in [0.717, 1.165) is 23.7 Å². The Bertz CT molecular complexity index is 632. The first-order valence-electron chi connectivity index (χ1n) is 7.62. The van der Waals surface area contributed by atoms with Crippen molar-refractivity contribution in [2.75, 3.05) is 13.7 Å². The van der Waals surface area contributed by atoms with Gasteiger partial charge in [0.2, 0.25) is 0 Å². The minimum Gasteiger partial charge on any atom is -0.497 e. The predicted molar refractivity (Wildman–Crippen MR) is 88.9 cm³/mol. The van der Waals surface area contributed by atoms with E-state index in [1.54, 1.807) is 13.2 Å². The highest BCUT2D eigenvalue weighted by Gasteiger charge is 2.18. The molecule has 0 aromatic heterocycles. The van der Waals surface area contributed by atoms with Crippen molar-refractivity contribution < 1.29 is 19.0 Å². The van der Waals surface area contributed by atoms with E-state index in [0.29, 0.717) is 18.1 Å². The van der Waals surface area contributed by atoms with Crippen LogP contribution in [0.5, 0.6) is 11.5 Å². The summed E-state index contributed by atoms with van der Waals surface area (Å²) in [5, 5.41) is 0. The maximum Gasteiger partial charge on any atom is 0.338 e. The summed E-state index contributed by atoms with van der Waals surface area (Å²) in [6.07, 6.45) is 0. The monoisotopic (exact) mass is 314 g/mol. The Morgan fingerprint density at radius 1 is 1.04 bits per heavy atom. The van der Waals surface area contributed by atoms with Gasteiger partial charge in [-0.3, -0.25) is 0 Å². The van der Waals surface area contributed by atoms with Crippen LogP contribution >= 0.6 is 0 Å². The molecule has 1 aliphatic rings. The number of rotatable bonds is 4. The van der Waals surface area contributed by atoms with Crippen LogP contribution in [-0.2, 0) is 11.3 Å². The summed E-state index contributed by atoms with van der Waals surface area (Å²) in [6, 6.07) is 15.1. The van der Waals surface area contributed by atoms with E-state index in [9.17, 15) is 4.79 Å². The third kappa shape index (κ3) is 5.02. The summed E-state index contributed by atoms with van der Waals surface area (Å²) in [4.78, 5) is 10.8. The van der Waals surface area contributed by atoms with Gasteiger partial charge in [-0.1, -0.05) is 32.0 Å². The molecule has 3 rings (SSSR count). The van der Waals surface area contributed by atoms with Crippen LogP contribution in [0, 0.1) is 5.92 Å². The van der Waals surface area contributed by atoms with Gasteiger partial charge in [0, 0.05) is 5.56 Å². The Morgan fingerprint density at radius 3 is 2.30 bits per heavy atom. The Hall–Kier alpha value is -2.49. The van der Waals surface area contributed by atoms with Crippen molar-refractivity contribution in [3.63, 3.8) is 0 Å². The second kappa shape index (κ2) is 8.22. The molecular weight excluding hydrogens is 292 g/mol. The van der Waals surface area contributed by atoms with E-state index >= 15 is 0 Å². The number of benzene rings is 2. The van der Waals surface area contributed by atoms with Crippen molar-refractivity contribution in [2.45, 2.75) is 20.5 Å². The fourth-order valence-corrected chi connectivity index (χ4v) is 2.00. The molecule has 4 nitrogen and oxygen atoms in total. The second-order valence-electron chi connectivity index (χ2n) is 5.61. The van der Waals surface area contributed by atoms with Gasteiger partial charge in [0.15, 0.2) is 0 Å². The Balaban J connectivity index is 0.000000172. The molecule has 0 saturated heterocycles. The van der Waals surface area contributed by atoms with E-state index in [2.05, 4.69) is 13.8 Å². The van der Waals surface area contributed by atoms with Crippen LogP contribution in [0.2, 0.25) is 0 Å². The normalized spacial score (nSPS) is 12.1. The van der Waals surface area contributed by atoms with Crippen LogP contribution in [-0.4, -0.2) is 19.7 Å². The van der Waals surface area contributed by atoms with Crippen LogP contribution in [0.3, 0.4) is 0 Å². The maximum absolute atomic E-state index is 10.8. The van der Waals surface area contributed by atoms with Gasteiger partial charge >= 0.3 is 5.97 Å². The van der Waals surface area contributed by atoms with Crippen molar-refractivity contribution in [3.8, 4) is 11.5 Å². The molecule has 0 amide bonds. The largest absolute Gasteiger partial charge is 0.497 e. The molecule has 122 valence electrons.